The largest absolute Gasteiger partial charge is 0.490 e. The first kappa shape index (κ1) is 22.8. The molecule has 2 aliphatic rings. The molecule has 8 nitrogen and oxygen atoms in total. The van der Waals surface area contributed by atoms with Gasteiger partial charge in [-0.2, -0.15) is 0 Å². The number of carbonyl (C=O) groups excluding carboxylic acids is 1. The molecular formula is C25H30N4O4S. The number of likely N-dealkylation sites (tertiary alicyclic amines) is 1. The van der Waals surface area contributed by atoms with Crippen LogP contribution in [-0.2, 0) is 11.3 Å². The predicted octanol–water partition coefficient (Wildman–Crippen LogP) is 4.81. The summed E-state index contributed by atoms with van der Waals surface area (Å²) in [5.41, 5.74) is 1.10. The van der Waals surface area contributed by atoms with Crippen LogP contribution in [0.3, 0.4) is 0 Å². The number of benzene rings is 1. The van der Waals surface area contributed by atoms with E-state index in [4.69, 9.17) is 13.9 Å². The number of rotatable bonds is 7. The lowest BCUT2D eigenvalue weighted by Gasteiger charge is -2.25. The molecule has 0 radical (unpaired) electrons. The van der Waals surface area contributed by atoms with Crippen LogP contribution in [0.4, 0.5) is 0 Å². The molecule has 1 atom stereocenters. The molecule has 1 amide bonds. The number of aromatic nitrogens is 3. The predicted molar refractivity (Wildman–Crippen MR) is 129 cm³/mol. The van der Waals surface area contributed by atoms with Gasteiger partial charge in [-0.25, -0.2) is 0 Å². The first-order chi connectivity index (χ1) is 16.6. The van der Waals surface area contributed by atoms with Crippen molar-refractivity contribution in [1.29, 1.82) is 0 Å². The van der Waals surface area contributed by atoms with Crippen molar-refractivity contribution in [3.8, 4) is 23.1 Å². The molecule has 5 rings (SSSR count). The number of hydrogen-bond acceptors (Lipinski definition) is 7. The Bertz CT molecular complexity index is 1130. The van der Waals surface area contributed by atoms with E-state index in [2.05, 4.69) is 30.1 Å². The summed E-state index contributed by atoms with van der Waals surface area (Å²) in [5, 5.41) is 9.45. The minimum absolute atomic E-state index is 0.0532. The molecule has 34 heavy (non-hydrogen) atoms. The standard InChI is InChI=1S/C25H30N4O4S/c1-17(2)15-29-24(21-7-4-11-32-21)26-27-25(29)34-16-23(30)28-10-3-6-19(28)18-8-9-20-22(14-18)33-13-5-12-31-20/h4,7-9,11,14,17,19H,3,5-6,10,12-13,15-16H2,1-2H3. The van der Waals surface area contributed by atoms with Crippen LogP contribution < -0.4 is 9.47 Å². The van der Waals surface area contributed by atoms with Gasteiger partial charge in [0.15, 0.2) is 28.2 Å². The first-order valence-corrected chi connectivity index (χ1v) is 12.9. The number of amides is 1. The van der Waals surface area contributed by atoms with E-state index in [1.54, 1.807) is 6.26 Å². The van der Waals surface area contributed by atoms with E-state index in [1.807, 2.05) is 33.7 Å². The number of hydrogen-bond donors (Lipinski definition) is 0. The third-order valence-electron chi connectivity index (χ3n) is 6.06. The highest BCUT2D eigenvalue weighted by molar-refractivity contribution is 7.99. The van der Waals surface area contributed by atoms with Crippen molar-refractivity contribution in [2.24, 2.45) is 5.92 Å². The van der Waals surface area contributed by atoms with Gasteiger partial charge in [-0.1, -0.05) is 31.7 Å². The average Bonchev–Trinajstić information content (AvgIpc) is 3.56. The fourth-order valence-electron chi connectivity index (χ4n) is 4.52. The van der Waals surface area contributed by atoms with E-state index < -0.39 is 0 Å². The molecule has 1 fully saturated rings. The second-order valence-corrected chi connectivity index (χ2v) is 10.0. The molecule has 0 saturated carbocycles. The molecule has 0 aliphatic carbocycles. The lowest BCUT2D eigenvalue weighted by molar-refractivity contribution is -0.129. The quantitative estimate of drug-likeness (QED) is 0.447. The van der Waals surface area contributed by atoms with E-state index in [9.17, 15) is 4.79 Å². The Morgan fingerprint density at radius 1 is 1.15 bits per heavy atom. The Labute approximate surface area is 203 Å². The summed E-state index contributed by atoms with van der Waals surface area (Å²) in [5.74, 6) is 3.76. The molecule has 0 N–H and O–H groups in total. The Morgan fingerprint density at radius 2 is 2.00 bits per heavy atom. The zero-order valence-corrected chi connectivity index (χ0v) is 20.4. The van der Waals surface area contributed by atoms with Crippen LogP contribution in [0.1, 0.15) is 44.7 Å². The fourth-order valence-corrected chi connectivity index (χ4v) is 5.36. The van der Waals surface area contributed by atoms with Crippen LogP contribution in [0.5, 0.6) is 11.5 Å². The Morgan fingerprint density at radius 3 is 2.79 bits per heavy atom. The van der Waals surface area contributed by atoms with Crippen LogP contribution in [0, 0.1) is 5.92 Å². The number of nitrogens with zero attached hydrogens (tertiary/aromatic N) is 4. The third-order valence-corrected chi connectivity index (χ3v) is 7.01. The molecule has 1 saturated heterocycles. The fraction of sp³-hybridized carbons (Fsp3) is 0.480. The highest BCUT2D eigenvalue weighted by atomic mass is 32.2. The molecule has 1 unspecified atom stereocenters. The Hall–Kier alpha value is -2.94. The van der Waals surface area contributed by atoms with Gasteiger partial charge in [-0.05, 0) is 48.6 Å². The Kier molecular flexibility index (Phi) is 6.80. The molecule has 2 aromatic heterocycles. The number of fused-ring (bicyclic) bond motifs is 1. The lowest BCUT2D eigenvalue weighted by atomic mass is 10.0. The molecular weight excluding hydrogens is 452 g/mol. The van der Waals surface area contributed by atoms with Gasteiger partial charge >= 0.3 is 0 Å². The van der Waals surface area contributed by atoms with Crippen molar-refractivity contribution in [1.82, 2.24) is 19.7 Å². The van der Waals surface area contributed by atoms with Crippen LogP contribution >= 0.6 is 11.8 Å². The van der Waals surface area contributed by atoms with Crippen molar-refractivity contribution in [2.45, 2.75) is 50.9 Å². The minimum atomic E-state index is 0.0532. The van der Waals surface area contributed by atoms with E-state index in [0.29, 0.717) is 36.5 Å². The van der Waals surface area contributed by atoms with Gasteiger partial charge in [-0.3, -0.25) is 9.36 Å². The summed E-state index contributed by atoms with van der Waals surface area (Å²) in [4.78, 5) is 15.3. The van der Waals surface area contributed by atoms with Crippen molar-refractivity contribution >= 4 is 17.7 Å². The molecule has 2 aliphatic heterocycles. The highest BCUT2D eigenvalue weighted by Gasteiger charge is 2.31. The van der Waals surface area contributed by atoms with Crippen molar-refractivity contribution < 1.29 is 18.7 Å². The molecule has 3 aromatic rings. The van der Waals surface area contributed by atoms with Crippen molar-refractivity contribution in [2.75, 3.05) is 25.5 Å². The molecule has 180 valence electrons. The second kappa shape index (κ2) is 10.1. The third kappa shape index (κ3) is 4.80. The van der Waals surface area contributed by atoms with Gasteiger partial charge in [0.2, 0.25) is 5.91 Å². The summed E-state index contributed by atoms with van der Waals surface area (Å²) in [6.07, 6.45) is 4.44. The van der Waals surface area contributed by atoms with Crippen LogP contribution in [0.15, 0.2) is 46.2 Å². The summed E-state index contributed by atoms with van der Waals surface area (Å²) >= 11 is 1.44. The summed E-state index contributed by atoms with van der Waals surface area (Å²) in [6.45, 7) is 7.13. The maximum absolute atomic E-state index is 13.3. The van der Waals surface area contributed by atoms with Gasteiger partial charge in [0.25, 0.3) is 0 Å². The average molecular weight is 483 g/mol. The Balaban J connectivity index is 1.30. The van der Waals surface area contributed by atoms with Crippen LogP contribution in [-0.4, -0.2) is 51.1 Å². The number of thioether (sulfide) groups is 1. The lowest BCUT2D eigenvalue weighted by Crippen LogP contribution is -2.32. The maximum atomic E-state index is 13.3. The van der Waals surface area contributed by atoms with Gasteiger partial charge in [0.05, 0.1) is 31.3 Å². The van der Waals surface area contributed by atoms with Gasteiger partial charge in [0, 0.05) is 19.5 Å². The monoisotopic (exact) mass is 482 g/mol. The molecule has 0 spiro atoms. The van der Waals surface area contributed by atoms with Gasteiger partial charge < -0.3 is 18.8 Å². The van der Waals surface area contributed by atoms with Gasteiger partial charge in [-0.15, -0.1) is 10.2 Å². The van der Waals surface area contributed by atoms with E-state index in [-0.39, 0.29) is 11.9 Å². The summed E-state index contributed by atoms with van der Waals surface area (Å²) in [7, 11) is 0. The smallest absolute Gasteiger partial charge is 0.233 e. The maximum Gasteiger partial charge on any atom is 0.233 e. The first-order valence-electron chi connectivity index (χ1n) is 11.9. The number of ether oxygens (including phenoxy) is 2. The summed E-state index contributed by atoms with van der Waals surface area (Å²) in [6, 6.07) is 9.84. The number of furan rings is 1. The molecule has 4 heterocycles. The zero-order chi connectivity index (χ0) is 23.5. The SMILES string of the molecule is CC(C)Cn1c(SCC(=O)N2CCCC2c2ccc3c(c2)OCCCO3)nnc1-c1ccco1. The second-order valence-electron chi connectivity index (χ2n) is 9.08. The van der Waals surface area contributed by atoms with Crippen LogP contribution in [0.2, 0.25) is 0 Å². The van der Waals surface area contributed by atoms with E-state index >= 15 is 0 Å². The van der Waals surface area contributed by atoms with E-state index in [1.165, 1.54) is 11.8 Å². The van der Waals surface area contributed by atoms with Crippen LogP contribution in [0.25, 0.3) is 11.6 Å². The molecule has 1 aromatic carbocycles. The molecule has 9 heteroatoms. The highest BCUT2D eigenvalue weighted by Crippen LogP contribution is 2.38. The number of carbonyl (C=O) groups is 1. The van der Waals surface area contributed by atoms with Crippen molar-refractivity contribution in [3.05, 3.63) is 42.2 Å². The normalized spacial score (nSPS) is 17.9. The zero-order valence-electron chi connectivity index (χ0n) is 19.6. The van der Waals surface area contributed by atoms with E-state index in [0.717, 1.165) is 54.6 Å². The molecule has 0 bridgehead atoms. The summed E-state index contributed by atoms with van der Waals surface area (Å²) < 4.78 is 19.2. The van der Waals surface area contributed by atoms with Crippen molar-refractivity contribution in [3.63, 3.8) is 0 Å². The van der Waals surface area contributed by atoms with Gasteiger partial charge in [0.1, 0.15) is 0 Å². The topological polar surface area (TPSA) is 82.6 Å². The minimum Gasteiger partial charge on any atom is -0.490 e.